The SMILES string of the molecule is CCOC(=O)Cn1c(=NC(=O)c2c(F)cccc2Cl)sc2cc(C)c(C)cc21. The van der Waals surface area contributed by atoms with Crippen LogP contribution < -0.4 is 4.80 Å². The molecule has 2 aromatic carbocycles. The van der Waals surface area contributed by atoms with Crippen molar-refractivity contribution in [2.45, 2.75) is 27.3 Å². The molecule has 0 saturated carbocycles. The summed E-state index contributed by atoms with van der Waals surface area (Å²) in [7, 11) is 0. The number of carbonyl (C=O) groups is 2. The maximum absolute atomic E-state index is 14.1. The Balaban J connectivity index is 2.20. The summed E-state index contributed by atoms with van der Waals surface area (Å²) in [5.74, 6) is -2.00. The number of aryl methyl sites for hydroxylation is 2. The Bertz CT molecular complexity index is 1130. The number of hydrogen-bond acceptors (Lipinski definition) is 4. The Kier molecular flexibility index (Phi) is 5.96. The molecule has 146 valence electrons. The monoisotopic (exact) mass is 420 g/mol. The minimum Gasteiger partial charge on any atom is -0.465 e. The molecule has 1 aromatic heterocycles. The van der Waals surface area contributed by atoms with E-state index in [1.165, 1.54) is 23.5 Å². The molecule has 0 atom stereocenters. The molecule has 8 heteroatoms. The predicted molar refractivity (Wildman–Crippen MR) is 107 cm³/mol. The first kappa shape index (κ1) is 20.2. The average molecular weight is 421 g/mol. The van der Waals surface area contributed by atoms with Crippen LogP contribution in [0.3, 0.4) is 0 Å². The lowest BCUT2D eigenvalue weighted by molar-refractivity contribution is -0.143. The van der Waals surface area contributed by atoms with Crippen LogP contribution in [0.5, 0.6) is 0 Å². The highest BCUT2D eigenvalue weighted by atomic mass is 35.5. The highest BCUT2D eigenvalue weighted by Gasteiger charge is 2.17. The second kappa shape index (κ2) is 8.24. The van der Waals surface area contributed by atoms with Crippen LogP contribution in [-0.2, 0) is 16.1 Å². The van der Waals surface area contributed by atoms with Gasteiger partial charge in [-0.3, -0.25) is 9.59 Å². The van der Waals surface area contributed by atoms with Crippen molar-refractivity contribution < 1.29 is 18.7 Å². The summed E-state index contributed by atoms with van der Waals surface area (Å²) < 4.78 is 21.6. The van der Waals surface area contributed by atoms with E-state index in [9.17, 15) is 14.0 Å². The second-order valence-corrected chi connectivity index (χ2v) is 7.61. The zero-order chi connectivity index (χ0) is 20.4. The van der Waals surface area contributed by atoms with E-state index in [2.05, 4.69) is 4.99 Å². The van der Waals surface area contributed by atoms with Crippen LogP contribution in [0.4, 0.5) is 4.39 Å². The molecule has 0 saturated heterocycles. The van der Waals surface area contributed by atoms with Crippen molar-refractivity contribution >= 4 is 45.0 Å². The van der Waals surface area contributed by atoms with Gasteiger partial charge >= 0.3 is 5.97 Å². The van der Waals surface area contributed by atoms with Crippen LogP contribution in [-0.4, -0.2) is 23.1 Å². The molecule has 3 rings (SSSR count). The van der Waals surface area contributed by atoms with Crippen LogP contribution >= 0.6 is 22.9 Å². The largest absolute Gasteiger partial charge is 0.465 e. The van der Waals surface area contributed by atoms with Gasteiger partial charge in [0.15, 0.2) is 4.80 Å². The number of aromatic nitrogens is 1. The lowest BCUT2D eigenvalue weighted by Gasteiger charge is -2.07. The van der Waals surface area contributed by atoms with Gasteiger partial charge < -0.3 is 9.30 Å². The molecule has 0 aliphatic rings. The van der Waals surface area contributed by atoms with Crippen molar-refractivity contribution in [2.75, 3.05) is 6.61 Å². The van der Waals surface area contributed by atoms with Crippen LogP contribution in [0.15, 0.2) is 35.3 Å². The first-order valence-electron chi connectivity index (χ1n) is 8.61. The average Bonchev–Trinajstić information content (AvgIpc) is 2.92. The Labute approximate surface area is 170 Å². The smallest absolute Gasteiger partial charge is 0.326 e. The number of thiazole rings is 1. The molecule has 3 aromatic rings. The van der Waals surface area contributed by atoms with Gasteiger partial charge in [0.2, 0.25) is 0 Å². The van der Waals surface area contributed by atoms with Gasteiger partial charge in [-0.2, -0.15) is 4.99 Å². The van der Waals surface area contributed by atoms with Crippen molar-refractivity contribution in [3.05, 3.63) is 62.7 Å². The number of nitrogens with zero attached hydrogens (tertiary/aromatic N) is 2. The molecule has 0 unspecified atom stereocenters. The minimum absolute atomic E-state index is 0.0153. The van der Waals surface area contributed by atoms with Crippen LogP contribution in [0, 0.1) is 19.7 Å². The summed E-state index contributed by atoms with van der Waals surface area (Å²) in [6.07, 6.45) is 0. The van der Waals surface area contributed by atoms with E-state index in [1.54, 1.807) is 11.5 Å². The number of halogens is 2. The fraction of sp³-hybridized carbons (Fsp3) is 0.250. The molecule has 28 heavy (non-hydrogen) atoms. The highest BCUT2D eigenvalue weighted by molar-refractivity contribution is 7.16. The Morgan fingerprint density at radius 1 is 1.25 bits per heavy atom. The van der Waals surface area contributed by atoms with Crippen molar-refractivity contribution in [3.8, 4) is 0 Å². The van der Waals surface area contributed by atoms with Crippen molar-refractivity contribution in [3.63, 3.8) is 0 Å². The Morgan fingerprint density at radius 2 is 1.96 bits per heavy atom. The van der Waals surface area contributed by atoms with Crippen molar-refractivity contribution in [1.82, 2.24) is 4.57 Å². The summed E-state index contributed by atoms with van der Waals surface area (Å²) in [4.78, 5) is 29.0. The van der Waals surface area contributed by atoms with E-state index in [-0.39, 0.29) is 28.5 Å². The number of rotatable bonds is 4. The lowest BCUT2D eigenvalue weighted by Crippen LogP contribution is -2.23. The number of amides is 1. The molecular formula is C20H18ClFN2O3S. The summed E-state index contributed by atoms with van der Waals surface area (Å²) in [6, 6.07) is 7.90. The zero-order valence-corrected chi connectivity index (χ0v) is 17.2. The van der Waals surface area contributed by atoms with Crippen LogP contribution in [0.25, 0.3) is 10.2 Å². The lowest BCUT2D eigenvalue weighted by atomic mass is 10.1. The van der Waals surface area contributed by atoms with Gasteiger partial charge in [-0.05, 0) is 56.2 Å². The molecule has 5 nitrogen and oxygen atoms in total. The molecule has 0 bridgehead atoms. The number of ether oxygens (including phenoxy) is 1. The van der Waals surface area contributed by atoms with E-state index >= 15 is 0 Å². The fourth-order valence-electron chi connectivity index (χ4n) is 2.74. The molecular weight excluding hydrogens is 403 g/mol. The summed E-state index contributed by atoms with van der Waals surface area (Å²) in [6.45, 7) is 5.80. The summed E-state index contributed by atoms with van der Waals surface area (Å²) in [5.41, 5.74) is 2.58. The molecule has 0 aliphatic carbocycles. The molecule has 1 heterocycles. The van der Waals surface area contributed by atoms with Gasteiger partial charge in [0, 0.05) is 0 Å². The van der Waals surface area contributed by atoms with E-state index in [0.717, 1.165) is 27.4 Å². The van der Waals surface area contributed by atoms with E-state index in [1.807, 2.05) is 26.0 Å². The topological polar surface area (TPSA) is 60.7 Å². The van der Waals surface area contributed by atoms with E-state index < -0.39 is 17.7 Å². The molecule has 0 spiro atoms. The third kappa shape index (κ3) is 4.00. The fourth-order valence-corrected chi connectivity index (χ4v) is 4.09. The Morgan fingerprint density at radius 3 is 2.64 bits per heavy atom. The first-order chi connectivity index (χ1) is 13.3. The molecule has 0 aliphatic heterocycles. The number of benzene rings is 2. The van der Waals surface area contributed by atoms with E-state index in [0.29, 0.717) is 0 Å². The molecule has 0 radical (unpaired) electrons. The summed E-state index contributed by atoms with van der Waals surface area (Å²) >= 11 is 7.22. The second-order valence-electron chi connectivity index (χ2n) is 6.19. The molecule has 1 amide bonds. The number of esters is 1. The third-order valence-electron chi connectivity index (χ3n) is 4.26. The quantitative estimate of drug-likeness (QED) is 0.587. The molecule has 0 fully saturated rings. The number of hydrogen-bond donors (Lipinski definition) is 0. The van der Waals surface area contributed by atoms with E-state index in [4.69, 9.17) is 16.3 Å². The van der Waals surface area contributed by atoms with Gasteiger partial charge in [-0.1, -0.05) is 29.0 Å². The van der Waals surface area contributed by atoms with Gasteiger partial charge in [0.05, 0.1) is 27.4 Å². The maximum atomic E-state index is 14.1. The highest BCUT2D eigenvalue weighted by Crippen LogP contribution is 2.23. The zero-order valence-electron chi connectivity index (χ0n) is 15.6. The number of fused-ring (bicyclic) bond motifs is 1. The molecule has 0 N–H and O–H groups in total. The van der Waals surface area contributed by atoms with Gasteiger partial charge in [0.1, 0.15) is 12.4 Å². The van der Waals surface area contributed by atoms with Crippen LogP contribution in [0.2, 0.25) is 5.02 Å². The third-order valence-corrected chi connectivity index (χ3v) is 5.62. The first-order valence-corrected chi connectivity index (χ1v) is 9.80. The Hall–Kier alpha value is -2.51. The van der Waals surface area contributed by atoms with Crippen molar-refractivity contribution in [2.24, 2.45) is 4.99 Å². The predicted octanol–water partition coefficient (Wildman–Crippen LogP) is 4.42. The normalized spacial score (nSPS) is 11.8. The van der Waals surface area contributed by atoms with Crippen LogP contribution in [0.1, 0.15) is 28.4 Å². The van der Waals surface area contributed by atoms with Crippen molar-refractivity contribution in [1.29, 1.82) is 0 Å². The van der Waals surface area contributed by atoms with Gasteiger partial charge in [0.25, 0.3) is 5.91 Å². The van der Waals surface area contributed by atoms with Gasteiger partial charge in [-0.25, -0.2) is 4.39 Å². The van der Waals surface area contributed by atoms with Gasteiger partial charge in [-0.15, -0.1) is 0 Å². The maximum Gasteiger partial charge on any atom is 0.326 e. The minimum atomic E-state index is -0.805. The summed E-state index contributed by atoms with van der Waals surface area (Å²) in [5, 5.41) is -0.0153. The number of carbonyl (C=O) groups excluding carboxylic acids is 2. The standard InChI is InChI=1S/C20H18ClFN2O3S/c1-4-27-17(25)10-24-15-8-11(2)12(3)9-16(15)28-20(24)23-19(26)18-13(21)6-5-7-14(18)22/h5-9H,4,10H2,1-3H3.